The average molecular weight is 366 g/mol. The number of hydrogen-bond donors (Lipinski definition) is 2. The number of carbonyl (C=O) groups is 1. The highest BCUT2D eigenvalue weighted by Crippen LogP contribution is 2.55. The Balaban J connectivity index is 1.58. The predicted octanol–water partition coefficient (Wildman–Crippen LogP) is 2.04. The van der Waals surface area contributed by atoms with Crippen molar-refractivity contribution in [1.29, 1.82) is 0 Å². The lowest BCUT2D eigenvalue weighted by Crippen LogP contribution is -2.82. The minimum absolute atomic E-state index is 0.171. The van der Waals surface area contributed by atoms with Crippen LogP contribution in [0.15, 0.2) is 60.7 Å². The average Bonchev–Trinajstić information content (AvgIpc) is 2.72. The fraction of sp³-hybridized carbons (Fsp3) is 0.409. The molecule has 1 amide bonds. The van der Waals surface area contributed by atoms with E-state index in [9.17, 15) is 15.0 Å². The summed E-state index contributed by atoms with van der Waals surface area (Å²) in [5.41, 5.74) is 0.509. The van der Waals surface area contributed by atoms with Gasteiger partial charge in [0, 0.05) is 25.3 Å². The van der Waals surface area contributed by atoms with E-state index in [0.29, 0.717) is 0 Å². The Hall–Kier alpha value is -2.21. The highest BCUT2D eigenvalue weighted by Gasteiger charge is 2.71. The van der Waals surface area contributed by atoms with Crippen LogP contribution in [-0.2, 0) is 11.3 Å². The van der Waals surface area contributed by atoms with E-state index in [2.05, 4.69) is 17.0 Å². The molecule has 2 aromatic carbocycles. The van der Waals surface area contributed by atoms with Crippen LogP contribution in [0.4, 0.5) is 5.69 Å². The fourth-order valence-corrected chi connectivity index (χ4v) is 4.81. The molecule has 0 bridgehead atoms. The molecule has 2 aliphatic heterocycles. The van der Waals surface area contributed by atoms with E-state index < -0.39 is 11.0 Å². The summed E-state index contributed by atoms with van der Waals surface area (Å²) in [5.74, 6) is -0.171. The van der Waals surface area contributed by atoms with Crippen molar-refractivity contribution in [1.82, 2.24) is 4.90 Å². The van der Waals surface area contributed by atoms with Crippen molar-refractivity contribution in [2.24, 2.45) is 5.41 Å². The largest absolute Gasteiger partial charge is 0.395 e. The number of benzene rings is 2. The molecule has 142 valence electrons. The zero-order valence-electron chi connectivity index (χ0n) is 15.4. The number of aliphatic hydroxyl groups excluding tert-OH is 2. The Morgan fingerprint density at radius 1 is 0.852 bits per heavy atom. The standard InChI is InChI=1S/C22H26N2O3/c25-16-21(17-26)20(27)24(19-9-5-2-6-10-19)22(21)11-13-23(14-12-22)15-18-7-3-1-4-8-18/h1-10,25-26H,11-17H2. The maximum atomic E-state index is 13.0. The lowest BCUT2D eigenvalue weighted by molar-refractivity contribution is -0.164. The summed E-state index contributed by atoms with van der Waals surface area (Å²) in [4.78, 5) is 17.2. The topological polar surface area (TPSA) is 64.0 Å². The molecule has 0 atom stereocenters. The Kier molecular flexibility index (Phi) is 4.76. The van der Waals surface area contributed by atoms with Gasteiger partial charge >= 0.3 is 0 Å². The van der Waals surface area contributed by atoms with Crippen molar-refractivity contribution in [3.8, 4) is 0 Å². The molecular weight excluding hydrogens is 340 g/mol. The smallest absolute Gasteiger partial charge is 0.240 e. The number of aliphatic hydroxyl groups is 2. The number of amides is 1. The third kappa shape index (κ3) is 2.69. The number of hydrogen-bond acceptors (Lipinski definition) is 4. The molecule has 2 aliphatic rings. The van der Waals surface area contributed by atoms with E-state index in [1.165, 1.54) is 5.56 Å². The number of likely N-dealkylation sites (tertiary alicyclic amines) is 1. The summed E-state index contributed by atoms with van der Waals surface area (Å²) >= 11 is 0. The molecular formula is C22H26N2O3. The van der Waals surface area contributed by atoms with Crippen molar-refractivity contribution < 1.29 is 15.0 Å². The molecule has 2 N–H and O–H groups in total. The summed E-state index contributed by atoms with van der Waals surface area (Å²) < 4.78 is 0. The molecule has 2 fully saturated rings. The van der Waals surface area contributed by atoms with Gasteiger partial charge in [0.15, 0.2) is 0 Å². The molecule has 5 nitrogen and oxygen atoms in total. The van der Waals surface area contributed by atoms with E-state index >= 15 is 0 Å². The van der Waals surface area contributed by atoms with Gasteiger partial charge < -0.3 is 15.1 Å². The SMILES string of the molecule is O=C1N(c2ccccc2)C2(CCN(Cc3ccccc3)CC2)C1(CO)CO. The van der Waals surface area contributed by atoms with Crippen molar-refractivity contribution in [2.75, 3.05) is 31.2 Å². The van der Waals surface area contributed by atoms with Crippen LogP contribution in [0.2, 0.25) is 0 Å². The van der Waals surface area contributed by atoms with Gasteiger partial charge in [-0.25, -0.2) is 0 Å². The maximum Gasteiger partial charge on any atom is 0.240 e. The second-order valence-electron chi connectivity index (χ2n) is 7.67. The van der Waals surface area contributed by atoms with Gasteiger partial charge in [-0.1, -0.05) is 48.5 Å². The van der Waals surface area contributed by atoms with Crippen molar-refractivity contribution in [3.63, 3.8) is 0 Å². The van der Waals surface area contributed by atoms with Gasteiger partial charge in [-0.05, 0) is 30.5 Å². The van der Waals surface area contributed by atoms with Crippen LogP contribution in [0, 0.1) is 5.41 Å². The zero-order valence-corrected chi connectivity index (χ0v) is 15.4. The first kappa shape index (κ1) is 18.2. The summed E-state index contributed by atoms with van der Waals surface area (Å²) in [5, 5.41) is 20.1. The van der Waals surface area contributed by atoms with E-state index in [1.54, 1.807) is 0 Å². The van der Waals surface area contributed by atoms with E-state index in [-0.39, 0.29) is 19.1 Å². The monoisotopic (exact) mass is 366 g/mol. The van der Waals surface area contributed by atoms with E-state index in [0.717, 1.165) is 38.2 Å². The van der Waals surface area contributed by atoms with Crippen LogP contribution in [0.3, 0.4) is 0 Å². The second kappa shape index (κ2) is 7.08. The van der Waals surface area contributed by atoms with Crippen LogP contribution in [0.1, 0.15) is 18.4 Å². The number of nitrogens with zero attached hydrogens (tertiary/aromatic N) is 2. The highest BCUT2D eigenvalue weighted by atomic mass is 16.3. The summed E-state index contributed by atoms with van der Waals surface area (Å²) in [6, 6.07) is 20.0. The number of carbonyl (C=O) groups excluding carboxylic acids is 1. The molecule has 0 aliphatic carbocycles. The normalized spacial score (nSPS) is 21.3. The van der Waals surface area contributed by atoms with Crippen LogP contribution in [0.5, 0.6) is 0 Å². The predicted molar refractivity (Wildman–Crippen MR) is 104 cm³/mol. The first-order valence-electron chi connectivity index (χ1n) is 9.55. The lowest BCUT2D eigenvalue weighted by atomic mass is 9.56. The first-order valence-corrected chi connectivity index (χ1v) is 9.55. The molecule has 0 radical (unpaired) electrons. The lowest BCUT2D eigenvalue weighted by Gasteiger charge is -2.66. The van der Waals surface area contributed by atoms with Crippen molar-refractivity contribution in [2.45, 2.75) is 24.9 Å². The Morgan fingerprint density at radius 2 is 1.41 bits per heavy atom. The van der Waals surface area contributed by atoms with Gasteiger partial charge in [0.25, 0.3) is 0 Å². The van der Waals surface area contributed by atoms with Crippen LogP contribution < -0.4 is 4.90 Å². The van der Waals surface area contributed by atoms with Gasteiger partial charge in [-0.2, -0.15) is 0 Å². The quantitative estimate of drug-likeness (QED) is 0.795. The summed E-state index contributed by atoms with van der Waals surface area (Å²) in [7, 11) is 0. The number of rotatable bonds is 5. The molecule has 5 heteroatoms. The fourth-order valence-electron chi connectivity index (χ4n) is 4.81. The minimum atomic E-state index is -1.08. The molecule has 2 saturated heterocycles. The molecule has 0 saturated carbocycles. The van der Waals surface area contributed by atoms with Gasteiger partial charge in [0.1, 0.15) is 5.41 Å². The van der Waals surface area contributed by atoms with Gasteiger partial charge in [-0.3, -0.25) is 9.69 Å². The molecule has 27 heavy (non-hydrogen) atoms. The number of β-lactam (4-membered cyclic amide) rings is 1. The first-order chi connectivity index (χ1) is 13.2. The van der Waals surface area contributed by atoms with E-state index in [4.69, 9.17) is 0 Å². The Morgan fingerprint density at radius 3 is 1.96 bits per heavy atom. The van der Waals surface area contributed by atoms with Crippen LogP contribution in [0.25, 0.3) is 0 Å². The third-order valence-electron chi connectivity index (χ3n) is 6.42. The summed E-state index contributed by atoms with van der Waals surface area (Å²) in [6.07, 6.45) is 1.48. The third-order valence-corrected chi connectivity index (χ3v) is 6.42. The molecule has 0 aromatic heterocycles. The van der Waals surface area contributed by atoms with Crippen LogP contribution >= 0.6 is 0 Å². The minimum Gasteiger partial charge on any atom is -0.395 e. The Bertz CT molecular complexity index is 782. The van der Waals surface area contributed by atoms with Crippen LogP contribution in [-0.4, -0.2) is 52.9 Å². The molecule has 2 heterocycles. The Labute approximate surface area is 159 Å². The van der Waals surface area contributed by atoms with Gasteiger partial charge in [0.05, 0.1) is 18.8 Å². The highest BCUT2D eigenvalue weighted by molar-refractivity contribution is 6.08. The maximum absolute atomic E-state index is 13.0. The number of piperidine rings is 1. The molecule has 2 aromatic rings. The molecule has 0 unspecified atom stereocenters. The van der Waals surface area contributed by atoms with Crippen molar-refractivity contribution >= 4 is 11.6 Å². The zero-order chi connectivity index (χ0) is 18.9. The number of para-hydroxylation sites is 1. The van der Waals surface area contributed by atoms with Gasteiger partial charge in [-0.15, -0.1) is 0 Å². The second-order valence-corrected chi connectivity index (χ2v) is 7.67. The van der Waals surface area contributed by atoms with E-state index in [1.807, 2.05) is 53.4 Å². The van der Waals surface area contributed by atoms with Gasteiger partial charge in [0.2, 0.25) is 5.91 Å². The summed E-state index contributed by atoms with van der Waals surface area (Å²) in [6.45, 7) is 1.90. The number of anilines is 1. The van der Waals surface area contributed by atoms with Crippen molar-refractivity contribution in [3.05, 3.63) is 66.2 Å². The molecule has 1 spiro atoms. The molecule has 4 rings (SSSR count).